The van der Waals surface area contributed by atoms with Crippen LogP contribution in [0.1, 0.15) is 19.8 Å². The van der Waals surface area contributed by atoms with E-state index in [0.29, 0.717) is 13.2 Å². The van der Waals surface area contributed by atoms with Crippen LogP contribution in [-0.2, 0) is 11.8 Å². The van der Waals surface area contributed by atoms with Gasteiger partial charge in [0, 0.05) is 24.8 Å². The van der Waals surface area contributed by atoms with Crippen molar-refractivity contribution >= 4 is 5.91 Å². The Hall–Kier alpha value is -2.34. The van der Waals surface area contributed by atoms with E-state index in [0.717, 1.165) is 36.3 Å². The number of hydrogen-bond acceptors (Lipinski definition) is 4. The zero-order chi connectivity index (χ0) is 17.6. The van der Waals surface area contributed by atoms with Crippen molar-refractivity contribution in [2.24, 2.45) is 13.0 Å². The summed E-state index contributed by atoms with van der Waals surface area (Å²) in [7, 11) is 1.90. The van der Waals surface area contributed by atoms with Gasteiger partial charge in [0.05, 0.1) is 18.7 Å². The Labute approximate surface area is 148 Å². The summed E-state index contributed by atoms with van der Waals surface area (Å²) in [5.74, 6) is 0.971. The number of nitrogens with one attached hydrogen (secondary N) is 2. The summed E-state index contributed by atoms with van der Waals surface area (Å²) in [5, 5.41) is 10.5. The molecule has 0 saturated carbocycles. The second-order valence-corrected chi connectivity index (χ2v) is 6.56. The van der Waals surface area contributed by atoms with Gasteiger partial charge in [-0.2, -0.15) is 5.10 Å². The lowest BCUT2D eigenvalue weighted by Crippen LogP contribution is -2.47. The molecule has 0 radical (unpaired) electrons. The van der Waals surface area contributed by atoms with Gasteiger partial charge in [-0.3, -0.25) is 9.48 Å². The molecule has 1 aromatic carbocycles. The Balaban J connectivity index is 1.47. The molecule has 2 aromatic rings. The molecule has 0 spiro atoms. The maximum absolute atomic E-state index is 12.2. The topological polar surface area (TPSA) is 68.2 Å². The first-order chi connectivity index (χ1) is 12.1. The van der Waals surface area contributed by atoms with Crippen LogP contribution in [0.15, 0.2) is 36.7 Å². The first-order valence-electron chi connectivity index (χ1n) is 8.86. The van der Waals surface area contributed by atoms with Gasteiger partial charge in [-0.25, -0.2) is 0 Å². The summed E-state index contributed by atoms with van der Waals surface area (Å²) in [6.45, 7) is 4.04. The minimum absolute atomic E-state index is 0.0580. The molecule has 3 rings (SSSR count). The molecule has 0 bridgehead atoms. The van der Waals surface area contributed by atoms with Gasteiger partial charge < -0.3 is 15.4 Å². The van der Waals surface area contributed by atoms with Gasteiger partial charge in [0.2, 0.25) is 5.91 Å². The smallest absolute Gasteiger partial charge is 0.224 e. The van der Waals surface area contributed by atoms with Gasteiger partial charge >= 0.3 is 0 Å². The summed E-state index contributed by atoms with van der Waals surface area (Å²) in [6, 6.07) is 8.15. The fraction of sp³-hybridized carbons (Fsp3) is 0.474. The molecule has 134 valence electrons. The highest BCUT2D eigenvalue weighted by atomic mass is 16.5. The second-order valence-electron chi connectivity index (χ2n) is 6.56. The molecular weight excluding hydrogens is 316 g/mol. The molecule has 6 heteroatoms. The van der Waals surface area contributed by atoms with Gasteiger partial charge in [-0.15, -0.1) is 0 Å². The molecule has 2 N–H and O–H groups in total. The van der Waals surface area contributed by atoms with Crippen molar-refractivity contribution < 1.29 is 9.53 Å². The molecule has 0 unspecified atom stereocenters. The van der Waals surface area contributed by atoms with Gasteiger partial charge in [0.15, 0.2) is 0 Å². The monoisotopic (exact) mass is 342 g/mol. The molecular formula is C19H26N4O2. The molecule has 1 aliphatic heterocycles. The molecule has 1 fully saturated rings. The fourth-order valence-corrected chi connectivity index (χ4v) is 3.21. The van der Waals surface area contributed by atoms with Crippen LogP contribution >= 0.6 is 0 Å². The predicted molar refractivity (Wildman–Crippen MR) is 97.3 cm³/mol. The number of piperidine rings is 1. The highest BCUT2D eigenvalue weighted by Gasteiger charge is 2.26. The van der Waals surface area contributed by atoms with Gasteiger partial charge in [0.1, 0.15) is 12.4 Å². The summed E-state index contributed by atoms with van der Waals surface area (Å²) < 4.78 is 7.56. The van der Waals surface area contributed by atoms with Crippen LogP contribution in [0.2, 0.25) is 0 Å². The third-order valence-electron chi connectivity index (χ3n) is 4.64. The van der Waals surface area contributed by atoms with E-state index in [-0.39, 0.29) is 17.9 Å². The van der Waals surface area contributed by atoms with E-state index in [4.69, 9.17) is 4.74 Å². The molecule has 2 atom stereocenters. The fourth-order valence-electron chi connectivity index (χ4n) is 3.21. The number of ether oxygens (including phenoxy) is 1. The number of aryl methyl sites for hydroxylation is 1. The van der Waals surface area contributed by atoms with E-state index in [9.17, 15) is 4.79 Å². The quantitative estimate of drug-likeness (QED) is 0.788. The number of amides is 1. The maximum Gasteiger partial charge on any atom is 0.224 e. The standard InChI is InChI=1S/C19H26N4O2/c1-14-18(7-4-8-20-14)19(24)21-9-10-25-17-6-3-5-15(11-17)16-12-22-23(2)13-16/h3,5-6,11-14,18,20H,4,7-10H2,1-2H3,(H,21,24)/t14-,18+/m0/s1. The number of carbonyl (C=O) groups is 1. The number of rotatable bonds is 6. The minimum Gasteiger partial charge on any atom is -0.492 e. The van der Waals surface area contributed by atoms with Crippen molar-refractivity contribution in [1.82, 2.24) is 20.4 Å². The van der Waals surface area contributed by atoms with Crippen molar-refractivity contribution in [3.63, 3.8) is 0 Å². The lowest BCUT2D eigenvalue weighted by Gasteiger charge is -2.28. The van der Waals surface area contributed by atoms with Gasteiger partial charge in [-0.1, -0.05) is 12.1 Å². The van der Waals surface area contributed by atoms with E-state index < -0.39 is 0 Å². The van der Waals surface area contributed by atoms with Crippen LogP contribution in [-0.4, -0.2) is 41.4 Å². The van der Waals surface area contributed by atoms with E-state index in [1.165, 1.54) is 0 Å². The molecule has 1 aliphatic rings. The summed E-state index contributed by atoms with van der Waals surface area (Å²) in [5.41, 5.74) is 2.12. The highest BCUT2D eigenvalue weighted by Crippen LogP contribution is 2.23. The maximum atomic E-state index is 12.2. The summed E-state index contributed by atoms with van der Waals surface area (Å²) in [4.78, 5) is 12.2. The molecule has 1 saturated heterocycles. The first-order valence-corrected chi connectivity index (χ1v) is 8.86. The second kappa shape index (κ2) is 8.16. The van der Waals surface area contributed by atoms with Crippen molar-refractivity contribution in [3.05, 3.63) is 36.7 Å². The summed E-state index contributed by atoms with van der Waals surface area (Å²) >= 11 is 0. The van der Waals surface area contributed by atoms with Crippen LogP contribution in [0, 0.1) is 5.92 Å². The van der Waals surface area contributed by atoms with E-state index in [2.05, 4.69) is 22.7 Å². The average molecular weight is 342 g/mol. The zero-order valence-corrected chi connectivity index (χ0v) is 14.9. The normalized spacial score (nSPS) is 20.2. The molecule has 6 nitrogen and oxygen atoms in total. The van der Waals surface area contributed by atoms with E-state index in [1.807, 2.05) is 43.7 Å². The Bertz CT molecular complexity index is 713. The zero-order valence-electron chi connectivity index (χ0n) is 14.9. The number of aromatic nitrogens is 2. The third kappa shape index (κ3) is 4.60. The van der Waals surface area contributed by atoms with Crippen molar-refractivity contribution in [2.45, 2.75) is 25.8 Å². The predicted octanol–water partition coefficient (Wildman–Crippen LogP) is 1.97. The summed E-state index contributed by atoms with van der Waals surface area (Å²) in [6.07, 6.45) is 5.81. The van der Waals surface area contributed by atoms with Gasteiger partial charge in [0.25, 0.3) is 0 Å². The minimum atomic E-state index is 0.0580. The Morgan fingerprint density at radius 1 is 1.44 bits per heavy atom. The van der Waals surface area contributed by atoms with Gasteiger partial charge in [-0.05, 0) is 44.0 Å². The molecule has 1 amide bonds. The van der Waals surface area contributed by atoms with Crippen LogP contribution in [0.5, 0.6) is 5.75 Å². The lowest BCUT2D eigenvalue weighted by atomic mass is 9.91. The van der Waals surface area contributed by atoms with Crippen molar-refractivity contribution in [2.75, 3.05) is 19.7 Å². The van der Waals surface area contributed by atoms with E-state index in [1.54, 1.807) is 4.68 Å². The van der Waals surface area contributed by atoms with Crippen molar-refractivity contribution in [3.8, 4) is 16.9 Å². The molecule has 25 heavy (non-hydrogen) atoms. The number of carbonyl (C=O) groups excluding carboxylic acids is 1. The molecule has 0 aliphatic carbocycles. The Morgan fingerprint density at radius 3 is 3.08 bits per heavy atom. The van der Waals surface area contributed by atoms with Crippen LogP contribution in [0.4, 0.5) is 0 Å². The number of nitrogens with zero attached hydrogens (tertiary/aromatic N) is 2. The molecule has 2 heterocycles. The number of hydrogen-bond donors (Lipinski definition) is 2. The van der Waals surface area contributed by atoms with E-state index >= 15 is 0 Å². The Morgan fingerprint density at radius 2 is 2.32 bits per heavy atom. The lowest BCUT2D eigenvalue weighted by molar-refractivity contribution is -0.126. The Kier molecular flexibility index (Phi) is 5.71. The SMILES string of the molecule is C[C@@H]1NCCC[C@H]1C(=O)NCCOc1cccc(-c2cnn(C)c2)c1. The first kappa shape index (κ1) is 17.5. The average Bonchev–Trinajstić information content (AvgIpc) is 3.06. The van der Waals surface area contributed by atoms with Crippen molar-refractivity contribution in [1.29, 1.82) is 0 Å². The molecule has 1 aromatic heterocycles. The third-order valence-corrected chi connectivity index (χ3v) is 4.64. The van der Waals surface area contributed by atoms with Crippen LogP contribution in [0.25, 0.3) is 11.1 Å². The largest absolute Gasteiger partial charge is 0.492 e. The van der Waals surface area contributed by atoms with Crippen LogP contribution in [0.3, 0.4) is 0 Å². The van der Waals surface area contributed by atoms with Crippen LogP contribution < -0.4 is 15.4 Å². The number of benzene rings is 1. The highest BCUT2D eigenvalue weighted by molar-refractivity contribution is 5.79.